The van der Waals surface area contributed by atoms with Crippen LogP contribution in [-0.4, -0.2) is 0 Å². The predicted octanol–water partition coefficient (Wildman–Crippen LogP) is 3.82. The first-order valence-corrected chi connectivity index (χ1v) is 4.93. The van der Waals surface area contributed by atoms with E-state index in [1.54, 1.807) is 0 Å². The first-order chi connectivity index (χ1) is 5.91. The molecule has 12 heavy (non-hydrogen) atoms. The second-order valence-electron chi connectivity index (χ2n) is 3.04. The highest BCUT2D eigenvalue weighted by Crippen LogP contribution is 2.05. The van der Waals surface area contributed by atoms with Gasteiger partial charge < -0.3 is 0 Å². The van der Waals surface area contributed by atoms with Gasteiger partial charge in [0, 0.05) is 0 Å². The van der Waals surface area contributed by atoms with Crippen molar-refractivity contribution in [1.29, 1.82) is 5.26 Å². The topological polar surface area (TPSA) is 23.8 Å². The van der Waals surface area contributed by atoms with Crippen molar-refractivity contribution in [3.63, 3.8) is 0 Å². The van der Waals surface area contributed by atoms with Crippen LogP contribution in [0.1, 0.15) is 51.9 Å². The van der Waals surface area contributed by atoms with Crippen molar-refractivity contribution in [2.45, 2.75) is 51.9 Å². The second kappa shape index (κ2) is 10.2. The Morgan fingerprint density at radius 2 is 1.83 bits per heavy atom. The van der Waals surface area contributed by atoms with Crippen molar-refractivity contribution in [2.24, 2.45) is 0 Å². The zero-order chi connectivity index (χ0) is 9.07. The second-order valence-corrected chi connectivity index (χ2v) is 3.04. The first-order valence-electron chi connectivity index (χ1n) is 4.93. The van der Waals surface area contributed by atoms with Crippen molar-refractivity contribution in [2.75, 3.05) is 0 Å². The summed E-state index contributed by atoms with van der Waals surface area (Å²) in [5, 5.41) is 8.24. The molecular formula is C11H19N. The van der Waals surface area contributed by atoms with Gasteiger partial charge in [-0.3, -0.25) is 0 Å². The highest BCUT2D eigenvalue weighted by Gasteiger charge is 1.85. The normalized spacial score (nSPS) is 10.3. The molecule has 0 heterocycles. The lowest BCUT2D eigenvalue weighted by atomic mass is 10.1. The smallest absolute Gasteiger partial charge is 0.0663 e. The minimum absolute atomic E-state index is 0.564. The summed E-state index contributed by atoms with van der Waals surface area (Å²) in [5.74, 6) is 0. The van der Waals surface area contributed by atoms with Gasteiger partial charge in [-0.25, -0.2) is 0 Å². The maximum Gasteiger partial charge on any atom is 0.0663 e. The fraction of sp³-hybridized carbons (Fsp3) is 0.727. The predicted molar refractivity (Wildman–Crippen MR) is 52.7 cm³/mol. The Kier molecular flexibility index (Phi) is 9.57. The van der Waals surface area contributed by atoms with Gasteiger partial charge >= 0.3 is 0 Å². The number of allylic oxidation sites excluding steroid dienone is 2. The number of nitriles is 1. The van der Waals surface area contributed by atoms with Gasteiger partial charge in [-0.15, -0.1) is 0 Å². The minimum atomic E-state index is 0.564. The average molecular weight is 165 g/mol. The molecule has 0 aromatic carbocycles. The van der Waals surface area contributed by atoms with E-state index >= 15 is 0 Å². The Hall–Kier alpha value is -0.770. The third-order valence-corrected chi connectivity index (χ3v) is 1.85. The SMILES string of the molecule is CCCCCCCC=CCC#N. The molecule has 0 aliphatic heterocycles. The summed E-state index contributed by atoms with van der Waals surface area (Å²) >= 11 is 0. The third kappa shape index (κ3) is 9.23. The number of rotatable bonds is 7. The van der Waals surface area contributed by atoms with Crippen molar-refractivity contribution >= 4 is 0 Å². The molecule has 0 unspecified atom stereocenters. The zero-order valence-corrected chi connectivity index (χ0v) is 8.05. The maximum atomic E-state index is 8.24. The summed E-state index contributed by atoms with van der Waals surface area (Å²) in [7, 11) is 0. The van der Waals surface area contributed by atoms with Crippen LogP contribution in [0.4, 0.5) is 0 Å². The molecule has 0 aliphatic carbocycles. The van der Waals surface area contributed by atoms with Crippen molar-refractivity contribution in [3.05, 3.63) is 12.2 Å². The largest absolute Gasteiger partial charge is 0.198 e. The Morgan fingerprint density at radius 1 is 1.08 bits per heavy atom. The quantitative estimate of drug-likeness (QED) is 0.415. The van der Waals surface area contributed by atoms with Crippen LogP contribution in [0.5, 0.6) is 0 Å². The summed E-state index contributed by atoms with van der Waals surface area (Å²) in [6, 6.07) is 2.09. The summed E-state index contributed by atoms with van der Waals surface area (Å²) in [6.45, 7) is 2.23. The lowest BCUT2D eigenvalue weighted by Gasteiger charge is -1.95. The lowest BCUT2D eigenvalue weighted by Crippen LogP contribution is -1.75. The molecule has 0 rings (SSSR count). The van der Waals surface area contributed by atoms with Crippen LogP contribution >= 0.6 is 0 Å². The van der Waals surface area contributed by atoms with Crippen LogP contribution in [0.2, 0.25) is 0 Å². The molecule has 0 radical (unpaired) electrons. The Morgan fingerprint density at radius 3 is 2.50 bits per heavy atom. The van der Waals surface area contributed by atoms with Crippen LogP contribution in [-0.2, 0) is 0 Å². The summed E-state index contributed by atoms with van der Waals surface area (Å²) in [5.41, 5.74) is 0. The molecule has 0 amide bonds. The zero-order valence-electron chi connectivity index (χ0n) is 8.05. The van der Waals surface area contributed by atoms with E-state index in [1.807, 2.05) is 6.08 Å². The van der Waals surface area contributed by atoms with E-state index < -0.39 is 0 Å². The minimum Gasteiger partial charge on any atom is -0.198 e. The molecule has 68 valence electrons. The van der Waals surface area contributed by atoms with Gasteiger partial charge in [0.2, 0.25) is 0 Å². The molecule has 0 atom stereocenters. The van der Waals surface area contributed by atoms with E-state index in [-0.39, 0.29) is 0 Å². The van der Waals surface area contributed by atoms with Crippen LogP contribution in [0.3, 0.4) is 0 Å². The van der Waals surface area contributed by atoms with Crippen molar-refractivity contribution < 1.29 is 0 Å². The highest BCUT2D eigenvalue weighted by atomic mass is 14.2. The number of nitrogens with zero attached hydrogens (tertiary/aromatic N) is 1. The standard InChI is InChI=1S/C11H19N/c1-2-3-4-5-6-7-8-9-10-11-12/h8-9H,2-7,10H2,1H3. The molecule has 1 nitrogen and oxygen atoms in total. The van der Waals surface area contributed by atoms with E-state index in [4.69, 9.17) is 5.26 Å². The van der Waals surface area contributed by atoms with Crippen molar-refractivity contribution in [1.82, 2.24) is 0 Å². The summed E-state index contributed by atoms with van der Waals surface area (Å²) < 4.78 is 0. The van der Waals surface area contributed by atoms with Gasteiger partial charge in [-0.05, 0) is 12.8 Å². The molecule has 0 spiro atoms. The van der Waals surface area contributed by atoms with E-state index in [0.717, 1.165) is 6.42 Å². The monoisotopic (exact) mass is 165 g/mol. The molecule has 0 fully saturated rings. The summed E-state index contributed by atoms with van der Waals surface area (Å²) in [6.07, 6.45) is 12.4. The van der Waals surface area contributed by atoms with Gasteiger partial charge in [0.1, 0.15) is 0 Å². The Balaban J connectivity index is 2.96. The average Bonchev–Trinajstić information content (AvgIpc) is 2.10. The van der Waals surface area contributed by atoms with Gasteiger partial charge in [0.05, 0.1) is 12.5 Å². The van der Waals surface area contributed by atoms with Crippen LogP contribution in [0, 0.1) is 11.3 Å². The molecular weight excluding hydrogens is 146 g/mol. The van der Waals surface area contributed by atoms with E-state index in [1.165, 1.54) is 32.1 Å². The van der Waals surface area contributed by atoms with E-state index in [2.05, 4.69) is 19.1 Å². The van der Waals surface area contributed by atoms with Gasteiger partial charge in [0.25, 0.3) is 0 Å². The molecule has 0 bridgehead atoms. The van der Waals surface area contributed by atoms with E-state index in [9.17, 15) is 0 Å². The number of hydrogen-bond acceptors (Lipinski definition) is 1. The molecule has 0 aliphatic rings. The van der Waals surface area contributed by atoms with Crippen LogP contribution in [0.15, 0.2) is 12.2 Å². The van der Waals surface area contributed by atoms with E-state index in [0.29, 0.717) is 6.42 Å². The molecule has 0 N–H and O–H groups in total. The first kappa shape index (κ1) is 11.2. The fourth-order valence-electron chi connectivity index (χ4n) is 1.12. The lowest BCUT2D eigenvalue weighted by molar-refractivity contribution is 0.637. The van der Waals surface area contributed by atoms with Gasteiger partial charge in [-0.1, -0.05) is 44.8 Å². The molecule has 0 saturated carbocycles. The third-order valence-electron chi connectivity index (χ3n) is 1.85. The highest BCUT2D eigenvalue weighted by molar-refractivity contribution is 4.90. The van der Waals surface area contributed by atoms with Crippen molar-refractivity contribution in [3.8, 4) is 6.07 Å². The Labute approximate surface area is 76.1 Å². The number of unbranched alkanes of at least 4 members (excludes halogenated alkanes) is 5. The summed E-state index contributed by atoms with van der Waals surface area (Å²) in [4.78, 5) is 0. The maximum absolute atomic E-state index is 8.24. The molecule has 0 aromatic rings. The Bertz CT molecular complexity index is 142. The van der Waals surface area contributed by atoms with Gasteiger partial charge in [-0.2, -0.15) is 5.26 Å². The molecule has 1 heteroatoms. The molecule has 0 aromatic heterocycles. The molecule has 0 saturated heterocycles. The van der Waals surface area contributed by atoms with Crippen LogP contribution in [0.25, 0.3) is 0 Å². The fourth-order valence-corrected chi connectivity index (χ4v) is 1.12. The van der Waals surface area contributed by atoms with Crippen LogP contribution < -0.4 is 0 Å². The van der Waals surface area contributed by atoms with Gasteiger partial charge in [0.15, 0.2) is 0 Å². The number of hydrogen-bond donors (Lipinski definition) is 0.